The summed E-state index contributed by atoms with van der Waals surface area (Å²) in [6.45, 7) is 8.76. The van der Waals surface area contributed by atoms with Gasteiger partial charge in [0.1, 0.15) is 51.1 Å². The van der Waals surface area contributed by atoms with E-state index in [0.717, 1.165) is 24.8 Å². The number of halogens is 1. The van der Waals surface area contributed by atoms with E-state index < -0.39 is 101 Å². The molecule has 2 aliphatic carbocycles. The number of allylic oxidation sites excluding steroid dienone is 1. The number of esters is 1. The van der Waals surface area contributed by atoms with Crippen molar-refractivity contribution in [3.8, 4) is 11.4 Å². The number of cyclic esters (lactones) is 1. The van der Waals surface area contributed by atoms with Gasteiger partial charge in [-0.25, -0.2) is 23.8 Å². The monoisotopic (exact) mass is 1500 g/mol. The number of urea groups is 1. The number of primary amides is 1. The highest BCUT2D eigenvalue weighted by molar-refractivity contribution is 6.15. The van der Waals surface area contributed by atoms with Crippen molar-refractivity contribution in [2.75, 3.05) is 97.8 Å². The lowest BCUT2D eigenvalue weighted by molar-refractivity contribution is -0.172. The molecule has 4 aromatic rings. The van der Waals surface area contributed by atoms with E-state index >= 15 is 4.39 Å². The van der Waals surface area contributed by atoms with Crippen molar-refractivity contribution < 1.29 is 90.5 Å². The van der Waals surface area contributed by atoms with E-state index in [4.69, 9.17) is 54.3 Å². The first kappa shape index (κ1) is 82.8. The summed E-state index contributed by atoms with van der Waals surface area (Å²) in [7, 11) is 0.413. The van der Waals surface area contributed by atoms with Crippen LogP contribution in [0, 0.1) is 18.7 Å². The zero-order chi connectivity index (χ0) is 76.3. The van der Waals surface area contributed by atoms with Crippen molar-refractivity contribution >= 4 is 80.4 Å². The molecule has 0 spiro atoms. The van der Waals surface area contributed by atoms with E-state index in [1.54, 1.807) is 58.0 Å². The summed E-state index contributed by atoms with van der Waals surface area (Å²) >= 11 is 0. The van der Waals surface area contributed by atoms with Gasteiger partial charge in [-0.3, -0.25) is 33.6 Å². The smallest absolute Gasteiger partial charge is 0.407 e. The van der Waals surface area contributed by atoms with Gasteiger partial charge in [0.05, 0.1) is 100 Å². The molecule has 0 fully saturated rings. The molecule has 4 heterocycles. The van der Waals surface area contributed by atoms with E-state index in [1.807, 2.05) is 6.08 Å². The van der Waals surface area contributed by atoms with Gasteiger partial charge in [0.2, 0.25) is 35.4 Å². The van der Waals surface area contributed by atoms with Crippen molar-refractivity contribution in [3.63, 3.8) is 0 Å². The number of aliphatic hydroxyl groups is 1. The largest absolute Gasteiger partial charge is 0.458 e. The number of benzene rings is 2. The summed E-state index contributed by atoms with van der Waals surface area (Å²) in [4.78, 5) is 135. The van der Waals surface area contributed by atoms with Crippen molar-refractivity contribution in [1.82, 2.24) is 46.8 Å². The number of carbonyl (C=O) groups excluding carboxylic acids is 9. The van der Waals surface area contributed by atoms with Crippen LogP contribution >= 0.6 is 0 Å². The SMILES string of the molecule is Cc1c(F)cc2nc3c(c4c2c1CC[C@@H]4NC(=O)COCNC(=O)[C@@H](N)CCCCNC(=O)OCc1ccc(NC(=O)[C@H](CCCNC(N)=O)NC(=O)[C@@H](NC(=O)CCOCCOCCOCCOCCNC(=O)COC2/C=C\CCCCC2)C(C)C)cc1)Cn1c-3cc2c(c1=O)COC(=O)[C@]2(O)[C@@H](C)[SiH3]. The molecule has 0 saturated carbocycles. The van der Waals surface area contributed by atoms with E-state index in [0.29, 0.717) is 126 Å². The Labute approximate surface area is 617 Å². The van der Waals surface area contributed by atoms with Gasteiger partial charge in [0, 0.05) is 64.6 Å². The Morgan fingerprint density at radius 3 is 2.20 bits per heavy atom. The maximum absolute atomic E-state index is 15.5. The molecule has 33 heteroatoms. The zero-order valence-electron chi connectivity index (χ0n) is 61.1. The first-order valence-corrected chi connectivity index (χ1v) is 37.6. The number of nitrogens with one attached hydrogen (secondary N) is 8. The van der Waals surface area contributed by atoms with E-state index in [2.05, 4.69) is 48.6 Å². The third kappa shape index (κ3) is 23.6. The average molecular weight is 1500 g/mol. The summed E-state index contributed by atoms with van der Waals surface area (Å²) < 4.78 is 61.1. The molecule has 9 amide bonds. The molecule has 4 aliphatic rings. The highest BCUT2D eigenvalue weighted by Gasteiger charge is 2.49. The Kier molecular flexibility index (Phi) is 32.3. The molecule has 8 rings (SSSR count). The minimum absolute atomic E-state index is 0.0132. The number of anilines is 1. The number of hydrogen-bond acceptors (Lipinski definition) is 21. The normalized spacial score (nSPS) is 17.9. The van der Waals surface area contributed by atoms with Gasteiger partial charge in [-0.15, -0.1) is 0 Å². The fourth-order valence-corrected chi connectivity index (χ4v) is 13.5. The second kappa shape index (κ2) is 41.4. The minimum Gasteiger partial charge on any atom is -0.458 e. The fraction of sp³-hybridized carbons (Fsp3) is 0.575. The molecule has 106 heavy (non-hydrogen) atoms. The molecule has 0 radical (unpaired) electrons. The number of rotatable bonds is 42. The van der Waals surface area contributed by atoms with E-state index in [9.17, 15) is 53.1 Å². The van der Waals surface area contributed by atoms with Gasteiger partial charge in [0.15, 0.2) is 5.60 Å². The van der Waals surface area contributed by atoms with Crippen molar-refractivity contribution in [1.29, 1.82) is 0 Å². The summed E-state index contributed by atoms with van der Waals surface area (Å²) in [6, 6.07) is 5.03. The molecular formula is C73H103FN12O19Si. The summed E-state index contributed by atoms with van der Waals surface area (Å²) in [5.41, 5.74) is 13.3. The molecule has 13 N–H and O–H groups in total. The average Bonchev–Trinajstić information content (AvgIpc) is 1.48. The lowest BCUT2D eigenvalue weighted by Gasteiger charge is -2.35. The first-order chi connectivity index (χ1) is 50.9. The van der Waals surface area contributed by atoms with Gasteiger partial charge in [-0.2, -0.15) is 0 Å². The highest BCUT2D eigenvalue weighted by atomic mass is 28.1. The van der Waals surface area contributed by atoms with E-state index in [-0.39, 0.29) is 121 Å². The van der Waals surface area contributed by atoms with Gasteiger partial charge in [-0.05, 0) is 123 Å². The number of hydrogen-bond donors (Lipinski definition) is 11. The van der Waals surface area contributed by atoms with Crippen LogP contribution in [0.3, 0.4) is 0 Å². The maximum atomic E-state index is 15.5. The second-order valence-electron chi connectivity index (χ2n) is 27.3. The molecule has 0 bridgehead atoms. The van der Waals surface area contributed by atoms with Crippen LogP contribution in [-0.4, -0.2) is 195 Å². The van der Waals surface area contributed by atoms with Gasteiger partial charge in [0.25, 0.3) is 5.56 Å². The number of nitrogens with zero attached hydrogens (tertiary/aromatic N) is 2. The Balaban J connectivity index is 0.674. The van der Waals surface area contributed by atoms with Gasteiger partial charge < -0.3 is 102 Å². The first-order valence-electron chi connectivity index (χ1n) is 36.5. The predicted octanol–water partition coefficient (Wildman–Crippen LogP) is 2.40. The summed E-state index contributed by atoms with van der Waals surface area (Å²) in [5, 5.41) is 34.2. The maximum Gasteiger partial charge on any atom is 0.407 e. The van der Waals surface area contributed by atoms with Crippen LogP contribution in [0.4, 0.5) is 19.7 Å². The van der Waals surface area contributed by atoms with Crippen molar-refractivity contribution in [2.45, 2.75) is 172 Å². The molecule has 2 aromatic carbocycles. The number of carbonyl (C=O) groups is 9. The Morgan fingerprint density at radius 1 is 0.764 bits per heavy atom. The number of alkyl carbamates (subject to hydrolysis) is 1. The Bertz CT molecular complexity index is 3820. The lowest BCUT2D eigenvalue weighted by atomic mass is 9.81. The third-order valence-electron chi connectivity index (χ3n) is 18.9. The minimum atomic E-state index is -2.03. The van der Waals surface area contributed by atoms with Crippen LogP contribution in [0.25, 0.3) is 22.3 Å². The number of ether oxygens (including phenoxy) is 8. The fourth-order valence-electron chi connectivity index (χ4n) is 12.9. The number of fused-ring (bicyclic) bond motifs is 5. The zero-order valence-corrected chi connectivity index (χ0v) is 63.1. The Morgan fingerprint density at radius 2 is 1.48 bits per heavy atom. The molecule has 2 aliphatic heterocycles. The van der Waals surface area contributed by atoms with Crippen LogP contribution in [0.1, 0.15) is 143 Å². The standard InChI is InChI=1S/C73H103FN12O19Si/c1-43(2)64(85-59(87)23-27-98-29-31-100-33-34-101-32-30-99-28-26-77-60(88)41-103-48-13-8-6-5-7-9-14-48)68(92)84-56(16-12-25-78-71(76)95)67(91)81-47-19-17-46(18-20-47)38-105-72(96)79-24-11-10-15-54(75)66(90)80-42-102-40-61(89)82-55-22-21-49-44(3)53(74)36-57-62(49)63(55)50-37-86-58(65(50)83-57)35-52-51(69(86)93)39-104-70(94)73(52,97)45(4)106/h8,13,17-20,35-36,43,45,48,54-56,64,97H,5-7,9-12,14-16,21-34,37-42,75H2,1-4,106H3,(H,77,88)(H,79,96)(H,80,90)(H,81,91)(H,82,89)(H,84,92)(H,85,87)(H3,76,78,95)/b13-8-/t45-,48?,54+,55+,56+,64+,73+/m1/s1. The number of aryl methyl sites for hydroxylation is 1. The lowest BCUT2D eigenvalue weighted by Crippen LogP contribution is -2.54. The third-order valence-corrected chi connectivity index (χ3v) is 19.7. The Hall–Kier alpha value is -8.80. The van der Waals surface area contributed by atoms with Crippen LogP contribution in [-0.2, 0) is 103 Å². The van der Waals surface area contributed by atoms with Crippen LogP contribution < -0.4 is 59.6 Å². The number of aromatic nitrogens is 2. The number of amides is 9. The summed E-state index contributed by atoms with van der Waals surface area (Å²) in [5.74, 6) is -4.47. The van der Waals surface area contributed by atoms with Crippen LogP contribution in [0.5, 0.6) is 0 Å². The van der Waals surface area contributed by atoms with Crippen LogP contribution in [0.2, 0.25) is 5.54 Å². The topological polar surface area (TPSA) is 431 Å². The van der Waals surface area contributed by atoms with E-state index in [1.165, 1.54) is 23.5 Å². The molecule has 0 saturated heterocycles. The van der Waals surface area contributed by atoms with Crippen LogP contribution in [0.15, 0.2) is 53.3 Å². The second-order valence-corrected chi connectivity index (χ2v) is 29.0. The van der Waals surface area contributed by atoms with Gasteiger partial charge >= 0.3 is 18.1 Å². The molecule has 1 unspecified atom stereocenters. The van der Waals surface area contributed by atoms with Crippen molar-refractivity contribution in [2.24, 2.45) is 17.4 Å². The molecule has 580 valence electrons. The molecule has 2 aromatic heterocycles. The molecular weight excluding hydrogens is 1400 g/mol. The number of unbranched alkanes of at least 4 members (excludes halogenated alkanes) is 1. The van der Waals surface area contributed by atoms with Gasteiger partial charge in [-0.1, -0.05) is 57.9 Å². The molecule has 7 atom stereocenters. The molecule has 31 nitrogen and oxygen atoms in total. The predicted molar refractivity (Wildman–Crippen MR) is 390 cm³/mol. The quantitative estimate of drug-likeness (QED) is 0.00878. The highest BCUT2D eigenvalue weighted by Crippen LogP contribution is 2.47. The number of nitrogens with two attached hydrogens (primary N) is 2. The summed E-state index contributed by atoms with van der Waals surface area (Å²) in [6.07, 6.45) is 11.2. The van der Waals surface area contributed by atoms with Crippen molar-refractivity contribution in [3.05, 3.63) is 104 Å². The number of pyridine rings is 2.